The monoisotopic (exact) mass is 355 g/mol. The number of rotatable bonds is 3. The number of aryl methyl sites for hydroxylation is 1. The topological polar surface area (TPSA) is 97.5 Å². The maximum atomic E-state index is 12.3. The predicted molar refractivity (Wildman–Crippen MR) is 92.0 cm³/mol. The van der Waals surface area contributed by atoms with Gasteiger partial charge in [0.15, 0.2) is 5.13 Å². The zero-order valence-corrected chi connectivity index (χ0v) is 14.2. The van der Waals surface area contributed by atoms with Crippen molar-refractivity contribution in [3.63, 3.8) is 0 Å². The first kappa shape index (κ1) is 17.5. The molecule has 0 saturated carbocycles. The molecule has 1 amide bonds. The predicted octanol–water partition coefficient (Wildman–Crippen LogP) is 2.35. The molecular formula is C15H18ClN3O3S. The first-order chi connectivity index (χ1) is 10.6. The largest absolute Gasteiger partial charge is 0.507 e. The first-order valence-electron chi connectivity index (χ1n) is 6.99. The number of phenolic OH excluding ortho intramolecular Hbond substituents is 1. The Morgan fingerprint density at radius 2 is 2.30 bits per heavy atom. The van der Waals surface area contributed by atoms with Crippen LogP contribution in [0.25, 0.3) is 0 Å². The summed E-state index contributed by atoms with van der Waals surface area (Å²) in [6, 6.07) is 4.68. The van der Waals surface area contributed by atoms with E-state index in [4.69, 9.17) is 10.5 Å². The Hall–Kier alpha value is -1.83. The number of benzene rings is 1. The van der Waals surface area contributed by atoms with Gasteiger partial charge in [-0.25, -0.2) is 4.98 Å². The van der Waals surface area contributed by atoms with E-state index in [1.165, 1.54) is 30.6 Å². The van der Waals surface area contributed by atoms with E-state index in [9.17, 15) is 9.90 Å². The molecule has 1 aliphatic rings. The van der Waals surface area contributed by atoms with Gasteiger partial charge in [-0.1, -0.05) is 0 Å². The Morgan fingerprint density at radius 1 is 1.52 bits per heavy atom. The second-order valence-corrected chi connectivity index (χ2v) is 6.31. The molecule has 0 bridgehead atoms. The van der Waals surface area contributed by atoms with Gasteiger partial charge < -0.3 is 15.6 Å². The van der Waals surface area contributed by atoms with Gasteiger partial charge in [0.05, 0.1) is 18.4 Å². The molecule has 0 saturated heterocycles. The summed E-state index contributed by atoms with van der Waals surface area (Å²) in [5.74, 6) is 0.000735. The van der Waals surface area contributed by atoms with Crippen LogP contribution < -0.4 is 15.8 Å². The van der Waals surface area contributed by atoms with Crippen LogP contribution in [0.2, 0.25) is 0 Å². The number of aromatic nitrogens is 1. The zero-order chi connectivity index (χ0) is 15.7. The summed E-state index contributed by atoms with van der Waals surface area (Å²) in [6.45, 7) is 0. The number of nitrogens with zero attached hydrogens (tertiary/aromatic N) is 1. The van der Waals surface area contributed by atoms with Gasteiger partial charge in [-0.15, -0.1) is 23.7 Å². The molecule has 6 nitrogen and oxygen atoms in total. The molecule has 1 heterocycles. The van der Waals surface area contributed by atoms with E-state index in [2.05, 4.69) is 10.3 Å². The summed E-state index contributed by atoms with van der Waals surface area (Å²) in [4.78, 5) is 17.9. The lowest BCUT2D eigenvalue weighted by molar-refractivity contribution is 0.102. The molecule has 0 aliphatic heterocycles. The van der Waals surface area contributed by atoms with E-state index in [1.807, 2.05) is 0 Å². The van der Waals surface area contributed by atoms with Crippen molar-refractivity contribution in [1.29, 1.82) is 0 Å². The SMILES string of the molecule is COc1ccc(O)c(C(=O)Nc2nc3c(s2)C[C@@H](N)CC3)c1.Cl. The highest BCUT2D eigenvalue weighted by Crippen LogP contribution is 2.30. The normalized spacial score (nSPS) is 16.2. The number of methoxy groups -OCH3 is 1. The van der Waals surface area contributed by atoms with Crippen LogP contribution in [0.15, 0.2) is 18.2 Å². The van der Waals surface area contributed by atoms with Crippen LogP contribution in [-0.4, -0.2) is 29.1 Å². The fourth-order valence-corrected chi connectivity index (χ4v) is 3.54. The van der Waals surface area contributed by atoms with Gasteiger partial charge in [-0.05, 0) is 37.5 Å². The molecule has 23 heavy (non-hydrogen) atoms. The molecule has 2 aromatic rings. The maximum Gasteiger partial charge on any atom is 0.261 e. The molecule has 0 radical (unpaired) electrons. The van der Waals surface area contributed by atoms with Crippen molar-refractivity contribution in [3.8, 4) is 11.5 Å². The van der Waals surface area contributed by atoms with Gasteiger partial charge in [0.25, 0.3) is 5.91 Å². The zero-order valence-electron chi connectivity index (χ0n) is 12.5. The Bertz CT molecular complexity index is 720. The summed E-state index contributed by atoms with van der Waals surface area (Å²) in [5, 5.41) is 13.1. The van der Waals surface area contributed by atoms with Crippen molar-refractivity contribution in [3.05, 3.63) is 34.3 Å². The number of thiazole rings is 1. The molecule has 0 unspecified atom stereocenters. The number of nitrogens with one attached hydrogen (secondary N) is 1. The van der Waals surface area contributed by atoms with E-state index < -0.39 is 5.91 Å². The third-order valence-corrected chi connectivity index (χ3v) is 4.68. The molecule has 1 atom stereocenters. The van der Waals surface area contributed by atoms with Crippen molar-refractivity contribution in [2.45, 2.75) is 25.3 Å². The van der Waals surface area contributed by atoms with Crippen LogP contribution in [0.1, 0.15) is 27.3 Å². The highest BCUT2D eigenvalue weighted by Gasteiger charge is 2.21. The number of halogens is 1. The Labute approximate surface area is 144 Å². The summed E-state index contributed by atoms with van der Waals surface area (Å²) in [6.07, 6.45) is 2.56. The minimum atomic E-state index is -0.410. The number of carbonyl (C=O) groups excluding carboxylic acids is 1. The number of amides is 1. The molecule has 1 aromatic heterocycles. The average molecular weight is 356 g/mol. The van der Waals surface area contributed by atoms with Crippen LogP contribution in [-0.2, 0) is 12.8 Å². The Kier molecular flexibility index (Phi) is 5.46. The van der Waals surface area contributed by atoms with Crippen LogP contribution in [0.4, 0.5) is 5.13 Å². The van der Waals surface area contributed by atoms with Crippen LogP contribution in [0, 0.1) is 0 Å². The maximum absolute atomic E-state index is 12.3. The summed E-state index contributed by atoms with van der Waals surface area (Å²) in [5.41, 5.74) is 7.12. The summed E-state index contributed by atoms with van der Waals surface area (Å²) in [7, 11) is 1.51. The van der Waals surface area contributed by atoms with Crippen molar-refractivity contribution < 1.29 is 14.6 Å². The number of fused-ring (bicyclic) bond motifs is 1. The smallest absolute Gasteiger partial charge is 0.261 e. The lowest BCUT2D eigenvalue weighted by atomic mass is 9.99. The molecular weight excluding hydrogens is 338 g/mol. The van der Waals surface area contributed by atoms with E-state index in [-0.39, 0.29) is 29.8 Å². The Balaban J connectivity index is 0.00000192. The van der Waals surface area contributed by atoms with Gasteiger partial charge in [-0.2, -0.15) is 0 Å². The van der Waals surface area contributed by atoms with E-state index >= 15 is 0 Å². The highest BCUT2D eigenvalue weighted by atomic mass is 35.5. The van der Waals surface area contributed by atoms with Crippen LogP contribution in [0.3, 0.4) is 0 Å². The third kappa shape index (κ3) is 3.74. The fraction of sp³-hybridized carbons (Fsp3) is 0.333. The number of carbonyl (C=O) groups is 1. The van der Waals surface area contributed by atoms with Crippen molar-refractivity contribution >= 4 is 34.8 Å². The Morgan fingerprint density at radius 3 is 3.04 bits per heavy atom. The number of nitrogens with two attached hydrogens (primary N) is 1. The number of anilines is 1. The van der Waals surface area contributed by atoms with E-state index in [1.54, 1.807) is 6.07 Å². The van der Waals surface area contributed by atoms with Crippen LogP contribution >= 0.6 is 23.7 Å². The van der Waals surface area contributed by atoms with Crippen LogP contribution in [0.5, 0.6) is 11.5 Å². The molecule has 0 fully saturated rings. The van der Waals surface area contributed by atoms with Gasteiger partial charge in [0, 0.05) is 10.9 Å². The second kappa shape index (κ2) is 7.16. The molecule has 4 N–H and O–H groups in total. The van der Waals surface area contributed by atoms with Gasteiger partial charge in [0.2, 0.25) is 0 Å². The van der Waals surface area contributed by atoms with E-state index in [0.717, 1.165) is 29.8 Å². The molecule has 8 heteroatoms. The van der Waals surface area contributed by atoms with E-state index in [0.29, 0.717) is 10.9 Å². The molecule has 1 aromatic carbocycles. The second-order valence-electron chi connectivity index (χ2n) is 5.23. The minimum absolute atomic E-state index is 0. The lowest BCUT2D eigenvalue weighted by Crippen LogP contribution is -2.27. The number of ether oxygens (including phenoxy) is 1. The average Bonchev–Trinajstić information content (AvgIpc) is 2.88. The standard InChI is InChI=1S/C15H17N3O3S.ClH/c1-21-9-3-5-12(19)10(7-9)14(20)18-15-17-11-4-2-8(16)6-13(11)22-15;/h3,5,7-8,19H,2,4,6,16H2,1H3,(H,17,18,20);1H/t8-;/m0./s1. The van der Waals surface area contributed by atoms with Crippen molar-refractivity contribution in [2.75, 3.05) is 12.4 Å². The molecule has 0 spiro atoms. The fourth-order valence-electron chi connectivity index (χ4n) is 2.44. The number of hydrogen-bond donors (Lipinski definition) is 3. The summed E-state index contributed by atoms with van der Waals surface area (Å²) >= 11 is 1.44. The van der Waals surface area contributed by atoms with Gasteiger partial charge in [0.1, 0.15) is 11.5 Å². The van der Waals surface area contributed by atoms with Gasteiger partial charge >= 0.3 is 0 Å². The molecule has 3 rings (SSSR count). The summed E-state index contributed by atoms with van der Waals surface area (Å²) < 4.78 is 5.07. The lowest BCUT2D eigenvalue weighted by Gasteiger charge is -2.15. The quantitative estimate of drug-likeness (QED) is 0.785. The van der Waals surface area contributed by atoms with Gasteiger partial charge in [-0.3, -0.25) is 10.1 Å². The minimum Gasteiger partial charge on any atom is -0.507 e. The number of aromatic hydroxyl groups is 1. The molecule has 124 valence electrons. The third-order valence-electron chi connectivity index (χ3n) is 3.65. The van der Waals surface area contributed by atoms with Crippen molar-refractivity contribution in [2.24, 2.45) is 5.73 Å². The van der Waals surface area contributed by atoms with Crippen molar-refractivity contribution in [1.82, 2.24) is 4.98 Å². The number of phenols is 1. The first-order valence-corrected chi connectivity index (χ1v) is 7.81. The highest BCUT2D eigenvalue weighted by molar-refractivity contribution is 7.15. The molecule has 1 aliphatic carbocycles. The number of hydrogen-bond acceptors (Lipinski definition) is 6.